The van der Waals surface area contributed by atoms with Crippen molar-refractivity contribution < 1.29 is 4.79 Å². The second-order valence-corrected chi connectivity index (χ2v) is 9.65. The standard InChI is InChI=1S/C26H26N4O2S/c1-15-11-16(2)22(17(3)12-15)28-21(31)14-33-26-29-23-20(18-7-5-4-6-8-18)13-27-24(23)25(32)30(26)19-9-10-19/h4-8,11-13,19,27H,9-10,14H2,1-3H3,(H,28,31). The number of benzene rings is 2. The van der Waals surface area contributed by atoms with E-state index in [2.05, 4.69) is 22.4 Å². The summed E-state index contributed by atoms with van der Waals surface area (Å²) in [5.41, 5.74) is 7.09. The topological polar surface area (TPSA) is 79.8 Å². The van der Waals surface area contributed by atoms with E-state index < -0.39 is 0 Å². The zero-order valence-corrected chi connectivity index (χ0v) is 19.8. The highest BCUT2D eigenvalue weighted by Crippen LogP contribution is 2.37. The zero-order chi connectivity index (χ0) is 23.1. The molecular weight excluding hydrogens is 432 g/mol. The van der Waals surface area contributed by atoms with E-state index in [9.17, 15) is 9.59 Å². The fourth-order valence-corrected chi connectivity index (χ4v) is 5.19. The summed E-state index contributed by atoms with van der Waals surface area (Å²) >= 11 is 1.32. The van der Waals surface area contributed by atoms with Crippen molar-refractivity contribution in [1.82, 2.24) is 14.5 Å². The molecule has 1 saturated carbocycles. The van der Waals surface area contributed by atoms with Crippen molar-refractivity contribution in [2.24, 2.45) is 0 Å². The number of thioether (sulfide) groups is 1. The second kappa shape index (κ2) is 8.56. The number of nitrogens with one attached hydrogen (secondary N) is 2. The highest BCUT2D eigenvalue weighted by atomic mass is 32.2. The molecule has 1 aliphatic rings. The molecule has 1 aliphatic carbocycles. The van der Waals surface area contributed by atoms with Crippen LogP contribution in [0.15, 0.2) is 58.6 Å². The molecule has 2 aromatic carbocycles. The van der Waals surface area contributed by atoms with Crippen LogP contribution in [-0.4, -0.2) is 26.2 Å². The first-order valence-electron chi connectivity index (χ1n) is 11.1. The lowest BCUT2D eigenvalue weighted by molar-refractivity contribution is -0.113. The first-order chi connectivity index (χ1) is 15.9. The molecule has 4 aromatic rings. The number of fused-ring (bicyclic) bond motifs is 1. The Kier molecular flexibility index (Phi) is 5.58. The molecule has 1 fully saturated rings. The van der Waals surface area contributed by atoms with Gasteiger partial charge in [-0.05, 0) is 50.3 Å². The molecule has 2 heterocycles. The van der Waals surface area contributed by atoms with Crippen LogP contribution < -0.4 is 10.9 Å². The molecular formula is C26H26N4O2S. The predicted octanol–water partition coefficient (Wildman–Crippen LogP) is 5.38. The van der Waals surface area contributed by atoms with Gasteiger partial charge >= 0.3 is 0 Å². The quantitative estimate of drug-likeness (QED) is 0.300. The normalized spacial score (nSPS) is 13.4. The van der Waals surface area contributed by atoms with Crippen LogP contribution in [-0.2, 0) is 4.79 Å². The number of rotatable bonds is 6. The van der Waals surface area contributed by atoms with Crippen molar-refractivity contribution in [3.63, 3.8) is 0 Å². The van der Waals surface area contributed by atoms with Gasteiger partial charge in [0, 0.05) is 23.5 Å². The fraction of sp³-hybridized carbons (Fsp3) is 0.269. The minimum absolute atomic E-state index is 0.0715. The minimum Gasteiger partial charge on any atom is -0.355 e. The Bertz CT molecular complexity index is 1390. The Labute approximate surface area is 196 Å². The molecule has 0 unspecified atom stereocenters. The number of amides is 1. The Morgan fingerprint density at radius 3 is 2.52 bits per heavy atom. The molecule has 7 heteroatoms. The number of aromatic amines is 1. The van der Waals surface area contributed by atoms with Gasteiger partial charge in [-0.15, -0.1) is 0 Å². The van der Waals surface area contributed by atoms with Gasteiger partial charge in [0.05, 0.1) is 5.75 Å². The highest BCUT2D eigenvalue weighted by molar-refractivity contribution is 7.99. The van der Waals surface area contributed by atoms with Crippen LogP contribution in [0.5, 0.6) is 0 Å². The lowest BCUT2D eigenvalue weighted by atomic mass is 10.1. The molecule has 0 atom stereocenters. The van der Waals surface area contributed by atoms with E-state index in [1.165, 1.54) is 17.3 Å². The molecule has 0 spiro atoms. The van der Waals surface area contributed by atoms with Gasteiger partial charge in [0.1, 0.15) is 11.0 Å². The molecule has 6 nitrogen and oxygen atoms in total. The summed E-state index contributed by atoms with van der Waals surface area (Å²) in [6, 6.07) is 14.2. The highest BCUT2D eigenvalue weighted by Gasteiger charge is 2.30. The molecule has 2 aromatic heterocycles. The summed E-state index contributed by atoms with van der Waals surface area (Å²) in [4.78, 5) is 34.1. The van der Waals surface area contributed by atoms with Crippen molar-refractivity contribution in [3.8, 4) is 11.1 Å². The Balaban J connectivity index is 1.45. The summed E-state index contributed by atoms with van der Waals surface area (Å²) in [7, 11) is 0. The van der Waals surface area contributed by atoms with Crippen LogP contribution in [0.1, 0.15) is 35.6 Å². The van der Waals surface area contributed by atoms with Gasteiger partial charge in [-0.3, -0.25) is 14.2 Å². The van der Waals surface area contributed by atoms with Crippen molar-refractivity contribution >= 4 is 34.4 Å². The van der Waals surface area contributed by atoms with Gasteiger partial charge in [-0.25, -0.2) is 4.98 Å². The Morgan fingerprint density at radius 2 is 1.85 bits per heavy atom. The third-order valence-corrected chi connectivity index (χ3v) is 6.92. The van der Waals surface area contributed by atoms with Crippen LogP contribution in [0.3, 0.4) is 0 Å². The third kappa shape index (κ3) is 4.20. The van der Waals surface area contributed by atoms with E-state index in [0.29, 0.717) is 16.2 Å². The summed E-state index contributed by atoms with van der Waals surface area (Å²) in [5.74, 6) is 0.0757. The van der Waals surface area contributed by atoms with Crippen LogP contribution in [0.2, 0.25) is 0 Å². The maximum absolute atomic E-state index is 13.3. The largest absolute Gasteiger partial charge is 0.355 e. The van der Waals surface area contributed by atoms with Gasteiger partial charge in [-0.1, -0.05) is 59.8 Å². The molecule has 5 rings (SSSR count). The van der Waals surface area contributed by atoms with E-state index in [-0.39, 0.29) is 23.3 Å². The van der Waals surface area contributed by atoms with Crippen molar-refractivity contribution in [1.29, 1.82) is 0 Å². The van der Waals surface area contributed by atoms with Crippen molar-refractivity contribution in [3.05, 3.63) is 75.7 Å². The van der Waals surface area contributed by atoms with Gasteiger partial charge in [0.2, 0.25) is 5.91 Å². The first-order valence-corrected chi connectivity index (χ1v) is 12.1. The number of hydrogen-bond acceptors (Lipinski definition) is 4. The van der Waals surface area contributed by atoms with Gasteiger partial charge < -0.3 is 10.3 Å². The zero-order valence-electron chi connectivity index (χ0n) is 18.9. The van der Waals surface area contributed by atoms with E-state index >= 15 is 0 Å². The van der Waals surface area contributed by atoms with E-state index in [0.717, 1.165) is 40.8 Å². The molecule has 168 valence electrons. The maximum atomic E-state index is 13.3. The molecule has 0 aliphatic heterocycles. The summed E-state index contributed by atoms with van der Waals surface area (Å²) in [6.45, 7) is 6.05. The molecule has 33 heavy (non-hydrogen) atoms. The summed E-state index contributed by atoms with van der Waals surface area (Å²) in [5, 5.41) is 3.64. The Hall–Kier alpha value is -3.32. The SMILES string of the molecule is Cc1cc(C)c(NC(=O)CSc2nc3c(-c4ccccc4)c[nH]c3c(=O)n2C2CC2)c(C)c1. The average Bonchev–Trinajstić information content (AvgIpc) is 3.53. The third-order valence-electron chi connectivity index (χ3n) is 5.97. The van der Waals surface area contributed by atoms with E-state index in [1.807, 2.05) is 57.3 Å². The molecule has 2 N–H and O–H groups in total. The lowest BCUT2D eigenvalue weighted by Gasteiger charge is -2.14. The number of nitrogens with zero attached hydrogens (tertiary/aromatic N) is 2. The number of anilines is 1. The molecule has 0 saturated heterocycles. The van der Waals surface area contributed by atoms with E-state index in [1.54, 1.807) is 4.57 Å². The smallest absolute Gasteiger partial charge is 0.278 e. The molecule has 0 bridgehead atoms. The Morgan fingerprint density at radius 1 is 1.15 bits per heavy atom. The summed E-state index contributed by atoms with van der Waals surface area (Å²) in [6.07, 6.45) is 3.76. The fourth-order valence-electron chi connectivity index (χ4n) is 4.33. The van der Waals surface area contributed by atoms with E-state index in [4.69, 9.17) is 4.98 Å². The predicted molar refractivity (Wildman–Crippen MR) is 134 cm³/mol. The van der Waals surface area contributed by atoms with Crippen LogP contribution >= 0.6 is 11.8 Å². The number of hydrogen-bond donors (Lipinski definition) is 2. The first kappa shape index (κ1) is 21.5. The van der Waals surface area contributed by atoms with Crippen molar-refractivity contribution in [2.45, 2.75) is 44.8 Å². The number of carbonyl (C=O) groups is 1. The van der Waals surface area contributed by atoms with Crippen LogP contribution in [0.25, 0.3) is 22.2 Å². The van der Waals surface area contributed by atoms with Crippen LogP contribution in [0, 0.1) is 20.8 Å². The van der Waals surface area contributed by atoms with Gasteiger partial charge in [0.15, 0.2) is 5.16 Å². The minimum atomic E-state index is -0.107. The number of aryl methyl sites for hydroxylation is 3. The van der Waals surface area contributed by atoms with Crippen molar-refractivity contribution in [2.75, 3.05) is 11.1 Å². The lowest BCUT2D eigenvalue weighted by Crippen LogP contribution is -2.23. The monoisotopic (exact) mass is 458 g/mol. The second-order valence-electron chi connectivity index (χ2n) is 8.70. The average molecular weight is 459 g/mol. The number of carbonyl (C=O) groups excluding carboxylic acids is 1. The number of aromatic nitrogens is 3. The maximum Gasteiger partial charge on any atom is 0.278 e. The van der Waals surface area contributed by atoms with Crippen LogP contribution in [0.4, 0.5) is 5.69 Å². The molecule has 0 radical (unpaired) electrons. The van der Waals surface area contributed by atoms with Gasteiger partial charge in [0.25, 0.3) is 5.56 Å². The molecule has 1 amide bonds. The number of H-pyrrole nitrogens is 1. The summed E-state index contributed by atoms with van der Waals surface area (Å²) < 4.78 is 1.76. The van der Waals surface area contributed by atoms with Gasteiger partial charge in [-0.2, -0.15) is 0 Å².